The van der Waals surface area contributed by atoms with E-state index in [2.05, 4.69) is 44.4 Å². The summed E-state index contributed by atoms with van der Waals surface area (Å²) >= 11 is 0. The molecule has 1 aromatic carbocycles. The van der Waals surface area contributed by atoms with Crippen molar-refractivity contribution in [3.05, 3.63) is 34.9 Å². The summed E-state index contributed by atoms with van der Waals surface area (Å²) < 4.78 is 0. The molecule has 1 fully saturated rings. The number of aryl methyl sites for hydroxylation is 2. The third-order valence-electron chi connectivity index (χ3n) is 4.78. The van der Waals surface area contributed by atoms with Crippen LogP contribution >= 0.6 is 0 Å². The molecule has 1 N–H and O–H groups in total. The first-order chi connectivity index (χ1) is 9.19. The Kier molecular flexibility index (Phi) is 5.45. The van der Waals surface area contributed by atoms with Crippen LogP contribution in [-0.4, -0.2) is 13.1 Å². The highest BCUT2D eigenvalue weighted by molar-refractivity contribution is 5.31. The Labute approximate surface area is 118 Å². The molecule has 1 nitrogen and oxygen atoms in total. The van der Waals surface area contributed by atoms with Gasteiger partial charge in [0.25, 0.3) is 0 Å². The van der Waals surface area contributed by atoms with Crippen LogP contribution in [0.15, 0.2) is 18.2 Å². The molecule has 1 saturated carbocycles. The lowest BCUT2D eigenvalue weighted by molar-refractivity contribution is 0.418. The van der Waals surface area contributed by atoms with Gasteiger partial charge in [-0.05, 0) is 57.2 Å². The second kappa shape index (κ2) is 7.09. The maximum absolute atomic E-state index is 3.52. The topological polar surface area (TPSA) is 12.0 Å². The standard InChI is InChI=1S/C18H29N/c1-14-8-9-15(2)17(12-14)13-18(19-3)11-10-16-6-4-5-7-16/h8-9,12,16,18-19H,4-7,10-11,13H2,1-3H3. The van der Waals surface area contributed by atoms with E-state index in [-0.39, 0.29) is 0 Å². The number of hydrogen-bond donors (Lipinski definition) is 1. The van der Waals surface area contributed by atoms with Crippen LogP contribution in [0, 0.1) is 19.8 Å². The maximum atomic E-state index is 3.52. The summed E-state index contributed by atoms with van der Waals surface area (Å²) in [5, 5.41) is 3.52. The fourth-order valence-corrected chi connectivity index (χ4v) is 3.37. The van der Waals surface area contributed by atoms with Gasteiger partial charge in [-0.15, -0.1) is 0 Å². The first-order valence-corrected chi connectivity index (χ1v) is 7.92. The maximum Gasteiger partial charge on any atom is 0.0105 e. The monoisotopic (exact) mass is 259 g/mol. The van der Waals surface area contributed by atoms with Gasteiger partial charge in [-0.25, -0.2) is 0 Å². The fraction of sp³-hybridized carbons (Fsp3) is 0.667. The van der Waals surface area contributed by atoms with Crippen molar-refractivity contribution in [2.45, 2.75) is 64.8 Å². The number of likely N-dealkylation sites (N-methyl/N-ethyl adjacent to an activating group) is 1. The van der Waals surface area contributed by atoms with Gasteiger partial charge in [0, 0.05) is 6.04 Å². The molecule has 0 saturated heterocycles. The lowest BCUT2D eigenvalue weighted by atomic mass is 9.93. The molecular formula is C18H29N. The third-order valence-corrected chi connectivity index (χ3v) is 4.78. The second-order valence-electron chi connectivity index (χ2n) is 6.35. The summed E-state index contributed by atoms with van der Waals surface area (Å²) in [6, 6.07) is 7.47. The molecule has 1 aromatic rings. The Bertz CT molecular complexity index is 391. The Balaban J connectivity index is 1.88. The van der Waals surface area contributed by atoms with E-state index in [9.17, 15) is 0 Å². The quantitative estimate of drug-likeness (QED) is 0.798. The zero-order chi connectivity index (χ0) is 13.7. The highest BCUT2D eigenvalue weighted by Gasteiger charge is 2.17. The number of nitrogens with one attached hydrogen (secondary N) is 1. The van der Waals surface area contributed by atoms with Crippen molar-refractivity contribution < 1.29 is 0 Å². The van der Waals surface area contributed by atoms with Gasteiger partial charge >= 0.3 is 0 Å². The minimum Gasteiger partial charge on any atom is -0.317 e. The average Bonchev–Trinajstić information content (AvgIpc) is 2.91. The minimum absolute atomic E-state index is 0.640. The van der Waals surface area contributed by atoms with Crippen LogP contribution in [-0.2, 0) is 6.42 Å². The molecule has 0 aliphatic heterocycles. The molecule has 1 heteroatoms. The van der Waals surface area contributed by atoms with E-state index in [1.165, 1.54) is 61.6 Å². The number of benzene rings is 1. The average molecular weight is 259 g/mol. The van der Waals surface area contributed by atoms with Crippen molar-refractivity contribution in [2.24, 2.45) is 5.92 Å². The Morgan fingerprint density at radius 1 is 1.21 bits per heavy atom. The lowest BCUT2D eigenvalue weighted by Gasteiger charge is -2.19. The number of hydrogen-bond acceptors (Lipinski definition) is 1. The lowest BCUT2D eigenvalue weighted by Crippen LogP contribution is -2.28. The van der Waals surface area contributed by atoms with Crippen LogP contribution in [0.2, 0.25) is 0 Å². The molecule has 1 aliphatic rings. The molecule has 0 amide bonds. The summed E-state index contributed by atoms with van der Waals surface area (Å²) in [6.45, 7) is 4.42. The molecule has 19 heavy (non-hydrogen) atoms. The van der Waals surface area contributed by atoms with Crippen molar-refractivity contribution in [1.82, 2.24) is 5.32 Å². The molecule has 1 atom stereocenters. The third kappa shape index (κ3) is 4.35. The van der Waals surface area contributed by atoms with Crippen LogP contribution in [0.5, 0.6) is 0 Å². The van der Waals surface area contributed by atoms with E-state index in [4.69, 9.17) is 0 Å². The Hall–Kier alpha value is -0.820. The van der Waals surface area contributed by atoms with Gasteiger partial charge in [0.2, 0.25) is 0 Å². The fourth-order valence-electron chi connectivity index (χ4n) is 3.37. The van der Waals surface area contributed by atoms with Gasteiger partial charge in [-0.3, -0.25) is 0 Å². The van der Waals surface area contributed by atoms with Crippen molar-refractivity contribution >= 4 is 0 Å². The Morgan fingerprint density at radius 2 is 1.95 bits per heavy atom. The van der Waals surface area contributed by atoms with Crippen LogP contribution < -0.4 is 5.32 Å². The summed E-state index contributed by atoms with van der Waals surface area (Å²) in [5.74, 6) is 1.01. The van der Waals surface area contributed by atoms with E-state index in [0.29, 0.717) is 6.04 Å². The molecular weight excluding hydrogens is 230 g/mol. The van der Waals surface area contributed by atoms with E-state index < -0.39 is 0 Å². The minimum atomic E-state index is 0.640. The van der Waals surface area contributed by atoms with Crippen molar-refractivity contribution in [2.75, 3.05) is 7.05 Å². The molecule has 2 rings (SSSR count). The van der Waals surface area contributed by atoms with Gasteiger partial charge < -0.3 is 5.32 Å². The predicted molar refractivity (Wildman–Crippen MR) is 83.7 cm³/mol. The van der Waals surface area contributed by atoms with E-state index >= 15 is 0 Å². The summed E-state index contributed by atoms with van der Waals surface area (Å²) in [5.41, 5.74) is 4.34. The van der Waals surface area contributed by atoms with Crippen molar-refractivity contribution in [1.29, 1.82) is 0 Å². The summed E-state index contributed by atoms with van der Waals surface area (Å²) in [6.07, 6.45) is 9.79. The number of rotatable bonds is 6. The largest absolute Gasteiger partial charge is 0.317 e. The Morgan fingerprint density at radius 3 is 2.63 bits per heavy atom. The molecule has 0 spiro atoms. The van der Waals surface area contributed by atoms with E-state index in [1.54, 1.807) is 0 Å². The molecule has 1 unspecified atom stereocenters. The smallest absolute Gasteiger partial charge is 0.0105 e. The predicted octanol–water partition coefficient (Wildman–Crippen LogP) is 4.40. The normalized spacial score (nSPS) is 17.8. The zero-order valence-corrected chi connectivity index (χ0v) is 12.8. The highest BCUT2D eigenvalue weighted by atomic mass is 14.9. The second-order valence-corrected chi connectivity index (χ2v) is 6.35. The SMILES string of the molecule is CNC(CCC1CCCC1)Cc1cc(C)ccc1C. The molecule has 106 valence electrons. The molecule has 0 bridgehead atoms. The van der Waals surface area contributed by atoms with Crippen LogP contribution in [0.3, 0.4) is 0 Å². The van der Waals surface area contributed by atoms with Crippen molar-refractivity contribution in [3.8, 4) is 0 Å². The van der Waals surface area contributed by atoms with E-state index in [1.807, 2.05) is 0 Å². The first-order valence-electron chi connectivity index (χ1n) is 7.92. The van der Waals surface area contributed by atoms with Crippen molar-refractivity contribution in [3.63, 3.8) is 0 Å². The van der Waals surface area contributed by atoms with Gasteiger partial charge in [0.15, 0.2) is 0 Å². The summed E-state index contributed by atoms with van der Waals surface area (Å²) in [4.78, 5) is 0. The van der Waals surface area contributed by atoms with Gasteiger partial charge in [0.05, 0.1) is 0 Å². The molecule has 0 radical (unpaired) electrons. The highest BCUT2D eigenvalue weighted by Crippen LogP contribution is 2.29. The van der Waals surface area contributed by atoms with Crippen LogP contribution in [0.25, 0.3) is 0 Å². The van der Waals surface area contributed by atoms with Gasteiger partial charge in [0.1, 0.15) is 0 Å². The molecule has 1 aliphatic carbocycles. The zero-order valence-electron chi connectivity index (χ0n) is 12.8. The molecule has 0 heterocycles. The van der Waals surface area contributed by atoms with Crippen LogP contribution in [0.1, 0.15) is 55.2 Å². The van der Waals surface area contributed by atoms with Crippen LogP contribution in [0.4, 0.5) is 0 Å². The summed E-state index contributed by atoms with van der Waals surface area (Å²) in [7, 11) is 2.12. The van der Waals surface area contributed by atoms with Gasteiger partial charge in [-0.1, -0.05) is 49.4 Å². The first kappa shape index (κ1) is 14.6. The molecule has 0 aromatic heterocycles. The van der Waals surface area contributed by atoms with Gasteiger partial charge in [-0.2, -0.15) is 0 Å². The van der Waals surface area contributed by atoms with E-state index in [0.717, 1.165) is 5.92 Å².